The molecule has 0 aromatic carbocycles. The van der Waals surface area contributed by atoms with Crippen molar-refractivity contribution in [2.75, 3.05) is 0 Å². The maximum Gasteiger partial charge on any atom is 0.151 e. The number of hydrogen-bond acceptors (Lipinski definition) is 3. The number of hydrogen-bond donors (Lipinski definition) is 2. The smallest absolute Gasteiger partial charge is 0.151 e. The van der Waals surface area contributed by atoms with Crippen molar-refractivity contribution in [2.24, 2.45) is 11.5 Å². The van der Waals surface area contributed by atoms with E-state index in [9.17, 15) is 4.79 Å². The molecule has 0 saturated heterocycles. The minimum absolute atomic E-state index is 0.138. The topological polar surface area (TPSA) is 69.1 Å². The zero-order valence-electron chi connectivity index (χ0n) is 18.6. The number of Topliss-reactive ketones (excluding diaryl/α,β-unsaturated/α-hetero) is 1. The molecule has 0 aliphatic heterocycles. The Hall–Kier alpha value is -0.670. The standard InChI is InChI=1S/C24H48N2O/c1-4-7-8-9-10-11-12-13-14-15-16-17-18-19-20-21-22(27)23(25)24(26,5-2)6-3/h13-14,23H,4-12,15-21,25-26H2,1-3H3/b14-13-. The first-order valence-corrected chi connectivity index (χ1v) is 11.7. The normalized spacial score (nSPS) is 13.4. The predicted molar refractivity (Wildman–Crippen MR) is 120 cm³/mol. The number of rotatable bonds is 19. The van der Waals surface area contributed by atoms with Crippen molar-refractivity contribution in [1.82, 2.24) is 0 Å². The van der Waals surface area contributed by atoms with Crippen LogP contribution in [0, 0.1) is 0 Å². The van der Waals surface area contributed by atoms with Gasteiger partial charge in [-0.1, -0.05) is 84.3 Å². The van der Waals surface area contributed by atoms with Crippen molar-refractivity contribution in [1.29, 1.82) is 0 Å². The largest absolute Gasteiger partial charge is 0.323 e. The van der Waals surface area contributed by atoms with Crippen LogP contribution in [0.3, 0.4) is 0 Å². The Morgan fingerprint density at radius 2 is 1.22 bits per heavy atom. The van der Waals surface area contributed by atoms with Gasteiger partial charge in [-0.15, -0.1) is 0 Å². The number of carbonyl (C=O) groups is 1. The number of nitrogens with two attached hydrogens (primary N) is 2. The summed E-state index contributed by atoms with van der Waals surface area (Å²) in [6, 6.07) is -0.510. The molecule has 0 spiro atoms. The molecule has 3 nitrogen and oxygen atoms in total. The Morgan fingerprint density at radius 3 is 1.70 bits per heavy atom. The molecule has 160 valence electrons. The summed E-state index contributed by atoms with van der Waals surface area (Å²) in [4.78, 5) is 12.2. The maximum atomic E-state index is 12.2. The lowest BCUT2D eigenvalue weighted by molar-refractivity contribution is -0.122. The van der Waals surface area contributed by atoms with Crippen LogP contribution in [-0.4, -0.2) is 17.4 Å². The fourth-order valence-corrected chi connectivity index (χ4v) is 3.54. The van der Waals surface area contributed by atoms with Gasteiger partial charge in [-0.25, -0.2) is 0 Å². The number of ketones is 1. The summed E-state index contributed by atoms with van der Waals surface area (Å²) >= 11 is 0. The maximum absolute atomic E-state index is 12.2. The first-order valence-electron chi connectivity index (χ1n) is 11.7. The quantitative estimate of drug-likeness (QED) is 0.200. The van der Waals surface area contributed by atoms with E-state index in [1.807, 2.05) is 13.8 Å². The van der Waals surface area contributed by atoms with Crippen LogP contribution in [0.5, 0.6) is 0 Å². The lowest BCUT2D eigenvalue weighted by atomic mass is 9.82. The number of carbonyl (C=O) groups excluding carboxylic acids is 1. The molecule has 1 atom stereocenters. The van der Waals surface area contributed by atoms with E-state index >= 15 is 0 Å². The van der Waals surface area contributed by atoms with Gasteiger partial charge in [0.15, 0.2) is 5.78 Å². The van der Waals surface area contributed by atoms with E-state index in [1.54, 1.807) is 0 Å². The van der Waals surface area contributed by atoms with Crippen molar-refractivity contribution in [3.8, 4) is 0 Å². The molecule has 0 bridgehead atoms. The lowest BCUT2D eigenvalue weighted by Crippen LogP contribution is -2.58. The Morgan fingerprint density at radius 1 is 0.778 bits per heavy atom. The summed E-state index contributed by atoms with van der Waals surface area (Å²) in [6.45, 7) is 6.29. The van der Waals surface area contributed by atoms with Gasteiger partial charge < -0.3 is 11.5 Å². The van der Waals surface area contributed by atoms with Crippen LogP contribution in [0.2, 0.25) is 0 Å². The zero-order chi connectivity index (χ0) is 20.4. The molecule has 0 aromatic rings. The van der Waals surface area contributed by atoms with E-state index in [4.69, 9.17) is 11.5 Å². The molecule has 0 fully saturated rings. The highest BCUT2D eigenvalue weighted by Gasteiger charge is 2.33. The highest BCUT2D eigenvalue weighted by Crippen LogP contribution is 2.18. The zero-order valence-corrected chi connectivity index (χ0v) is 18.6. The van der Waals surface area contributed by atoms with E-state index in [1.165, 1.54) is 70.6 Å². The van der Waals surface area contributed by atoms with Crippen molar-refractivity contribution < 1.29 is 4.79 Å². The summed E-state index contributed by atoms with van der Waals surface area (Å²) in [5.74, 6) is 0.138. The molecule has 0 aliphatic rings. The summed E-state index contributed by atoms with van der Waals surface area (Å²) in [6.07, 6.45) is 23.3. The molecule has 3 heteroatoms. The van der Waals surface area contributed by atoms with Gasteiger partial charge in [-0.3, -0.25) is 4.79 Å². The molecule has 27 heavy (non-hydrogen) atoms. The van der Waals surface area contributed by atoms with Crippen LogP contribution in [0.15, 0.2) is 12.2 Å². The molecule has 0 amide bonds. The van der Waals surface area contributed by atoms with E-state index in [-0.39, 0.29) is 5.78 Å². The Kier molecular flexibility index (Phi) is 17.0. The second kappa shape index (κ2) is 17.4. The van der Waals surface area contributed by atoms with Gasteiger partial charge in [0.1, 0.15) is 0 Å². The van der Waals surface area contributed by atoms with Gasteiger partial charge in [-0.05, 0) is 44.9 Å². The molecule has 1 unspecified atom stereocenters. The molecular formula is C24H48N2O. The predicted octanol–water partition coefficient (Wildman–Crippen LogP) is 6.44. The Balaban J connectivity index is 3.52. The van der Waals surface area contributed by atoms with Crippen LogP contribution >= 0.6 is 0 Å². The summed E-state index contributed by atoms with van der Waals surface area (Å²) < 4.78 is 0. The fourth-order valence-electron chi connectivity index (χ4n) is 3.54. The van der Waals surface area contributed by atoms with Crippen LogP contribution in [-0.2, 0) is 4.79 Å². The summed E-state index contributed by atoms with van der Waals surface area (Å²) in [5, 5.41) is 0. The van der Waals surface area contributed by atoms with Crippen molar-refractivity contribution in [3.63, 3.8) is 0 Å². The van der Waals surface area contributed by atoms with Gasteiger partial charge in [0.2, 0.25) is 0 Å². The highest BCUT2D eigenvalue weighted by molar-refractivity contribution is 5.85. The van der Waals surface area contributed by atoms with E-state index in [0.717, 1.165) is 25.7 Å². The number of unbranched alkanes of at least 4 members (excludes halogenated alkanes) is 11. The van der Waals surface area contributed by atoms with Crippen LogP contribution in [0.4, 0.5) is 0 Å². The average molecular weight is 381 g/mol. The second-order valence-electron chi connectivity index (χ2n) is 8.22. The monoisotopic (exact) mass is 380 g/mol. The molecule has 0 aromatic heterocycles. The molecule has 0 heterocycles. The second-order valence-corrected chi connectivity index (χ2v) is 8.22. The van der Waals surface area contributed by atoms with Crippen molar-refractivity contribution >= 4 is 5.78 Å². The molecule has 0 aliphatic carbocycles. The molecule has 0 rings (SSSR count). The molecular weight excluding hydrogens is 332 g/mol. The first kappa shape index (κ1) is 26.3. The van der Waals surface area contributed by atoms with Gasteiger partial charge in [-0.2, -0.15) is 0 Å². The van der Waals surface area contributed by atoms with Crippen LogP contribution in [0.25, 0.3) is 0 Å². The SMILES string of the molecule is CCCCCCCC/C=C\CCCCCCCC(=O)C(N)C(N)(CC)CC. The molecule has 0 radical (unpaired) electrons. The Bertz CT molecular complexity index is 375. The minimum Gasteiger partial charge on any atom is -0.323 e. The van der Waals surface area contributed by atoms with E-state index in [0.29, 0.717) is 6.42 Å². The van der Waals surface area contributed by atoms with Crippen LogP contribution < -0.4 is 11.5 Å². The van der Waals surface area contributed by atoms with Gasteiger partial charge in [0, 0.05) is 12.0 Å². The van der Waals surface area contributed by atoms with Crippen molar-refractivity contribution in [3.05, 3.63) is 12.2 Å². The molecule has 4 N–H and O–H groups in total. The van der Waals surface area contributed by atoms with E-state index in [2.05, 4.69) is 19.1 Å². The highest BCUT2D eigenvalue weighted by atomic mass is 16.1. The first-order chi connectivity index (χ1) is 13.0. The van der Waals surface area contributed by atoms with Crippen molar-refractivity contribution in [2.45, 2.75) is 135 Å². The number of allylic oxidation sites excluding steroid dienone is 2. The minimum atomic E-state index is -0.529. The summed E-state index contributed by atoms with van der Waals surface area (Å²) in [7, 11) is 0. The van der Waals surface area contributed by atoms with Crippen LogP contribution in [0.1, 0.15) is 124 Å². The third kappa shape index (κ3) is 13.2. The Labute approximate surface area is 169 Å². The van der Waals surface area contributed by atoms with E-state index < -0.39 is 11.6 Å². The molecule has 0 saturated carbocycles. The lowest BCUT2D eigenvalue weighted by Gasteiger charge is -2.32. The van der Waals surface area contributed by atoms with Gasteiger partial charge in [0.05, 0.1) is 6.04 Å². The average Bonchev–Trinajstić information content (AvgIpc) is 2.69. The fraction of sp³-hybridized carbons (Fsp3) is 0.875. The van der Waals surface area contributed by atoms with Gasteiger partial charge in [0.25, 0.3) is 0 Å². The van der Waals surface area contributed by atoms with Gasteiger partial charge >= 0.3 is 0 Å². The third-order valence-electron chi connectivity index (χ3n) is 5.97. The third-order valence-corrected chi connectivity index (χ3v) is 5.97. The summed E-state index contributed by atoms with van der Waals surface area (Å²) in [5.41, 5.74) is 11.8.